The quantitative estimate of drug-likeness (QED) is 0.542. The molecule has 0 bridgehead atoms. The van der Waals surface area contributed by atoms with E-state index in [1.54, 1.807) is 17.0 Å². The van der Waals surface area contributed by atoms with Gasteiger partial charge in [-0.15, -0.1) is 0 Å². The molecule has 1 aliphatic heterocycles. The molecule has 0 unspecified atom stereocenters. The number of aromatic nitrogens is 2. The third kappa shape index (κ3) is 5.56. The Balaban J connectivity index is 0.000000735. The molecule has 2 aromatic rings. The van der Waals surface area contributed by atoms with Gasteiger partial charge in [-0.2, -0.15) is 0 Å². The number of carboxylic acid groups (broad SMARTS) is 2. The van der Waals surface area contributed by atoms with Crippen LogP contribution in [0.2, 0.25) is 0 Å². The van der Waals surface area contributed by atoms with Gasteiger partial charge in [0.05, 0.1) is 18.6 Å². The smallest absolute Gasteiger partial charge is 0.335 e. The molecule has 0 atom stereocenters. The average molecular weight is 417 g/mol. The summed E-state index contributed by atoms with van der Waals surface area (Å²) in [4.78, 5) is 54.3. The Hall–Kier alpha value is -3.89. The van der Waals surface area contributed by atoms with Gasteiger partial charge in [-0.05, 0) is 31.2 Å². The fraction of sp³-hybridized carbons (Fsp3) is 0.316. The predicted octanol–water partition coefficient (Wildman–Crippen LogP) is 1.19. The Labute approximate surface area is 172 Å². The van der Waals surface area contributed by atoms with Crippen LogP contribution < -0.4 is 20.7 Å². The summed E-state index contributed by atoms with van der Waals surface area (Å²) in [7, 11) is 0. The summed E-state index contributed by atoms with van der Waals surface area (Å²) in [5, 5.41) is 19.4. The second kappa shape index (κ2) is 10.0. The number of hydrogen-bond donors (Lipinski definition) is 4. The lowest BCUT2D eigenvalue weighted by Gasteiger charge is -2.23. The summed E-state index contributed by atoms with van der Waals surface area (Å²) in [6.07, 6.45) is 1.58. The van der Waals surface area contributed by atoms with E-state index < -0.39 is 11.9 Å². The number of carboxylic acids is 2. The summed E-state index contributed by atoms with van der Waals surface area (Å²) in [6, 6.07) is 6.20. The lowest BCUT2D eigenvalue weighted by atomic mass is 10.2. The van der Waals surface area contributed by atoms with Gasteiger partial charge in [-0.25, -0.2) is 9.78 Å². The van der Waals surface area contributed by atoms with E-state index in [9.17, 15) is 14.4 Å². The number of anilines is 3. The Bertz CT molecular complexity index is 968. The molecule has 1 aromatic carbocycles. The van der Waals surface area contributed by atoms with Gasteiger partial charge in [0.25, 0.3) is 11.5 Å². The van der Waals surface area contributed by atoms with Crippen LogP contribution >= 0.6 is 0 Å². The SMILES string of the molecule is CC(=O)O.CCN(C(=O)CCN1CNc2c1nc[nH]c2=O)c1ccc(C(=O)O)cc1. The predicted molar refractivity (Wildman–Crippen MR) is 110 cm³/mol. The first-order valence-corrected chi connectivity index (χ1v) is 9.14. The fourth-order valence-electron chi connectivity index (χ4n) is 2.88. The van der Waals surface area contributed by atoms with E-state index in [1.807, 2.05) is 11.8 Å². The van der Waals surface area contributed by atoms with E-state index in [1.165, 1.54) is 18.5 Å². The first-order chi connectivity index (χ1) is 14.2. The molecule has 160 valence electrons. The molecule has 1 aliphatic rings. The van der Waals surface area contributed by atoms with Crippen molar-refractivity contribution in [3.05, 3.63) is 46.5 Å². The van der Waals surface area contributed by atoms with Crippen molar-refractivity contribution in [2.75, 3.05) is 34.9 Å². The van der Waals surface area contributed by atoms with Crippen molar-refractivity contribution in [3.63, 3.8) is 0 Å². The molecule has 1 amide bonds. The van der Waals surface area contributed by atoms with Crippen LogP contribution in [0.4, 0.5) is 17.2 Å². The van der Waals surface area contributed by atoms with Crippen molar-refractivity contribution < 1.29 is 24.6 Å². The van der Waals surface area contributed by atoms with Gasteiger partial charge in [0.15, 0.2) is 5.82 Å². The van der Waals surface area contributed by atoms with Crippen molar-refractivity contribution in [2.45, 2.75) is 20.3 Å². The van der Waals surface area contributed by atoms with Crippen molar-refractivity contribution in [2.24, 2.45) is 0 Å². The first kappa shape index (κ1) is 22.4. The van der Waals surface area contributed by atoms with Crippen LogP contribution in [0.3, 0.4) is 0 Å². The van der Waals surface area contributed by atoms with Crippen LogP contribution in [0.25, 0.3) is 0 Å². The van der Waals surface area contributed by atoms with E-state index in [-0.39, 0.29) is 23.5 Å². The number of aromatic amines is 1. The molecule has 1 aromatic heterocycles. The average Bonchev–Trinajstić information content (AvgIpc) is 3.11. The molecule has 0 fully saturated rings. The number of carbonyl (C=O) groups is 3. The summed E-state index contributed by atoms with van der Waals surface area (Å²) < 4.78 is 0. The lowest BCUT2D eigenvalue weighted by molar-refractivity contribution is -0.134. The molecule has 2 heterocycles. The van der Waals surface area contributed by atoms with Gasteiger partial charge in [-0.3, -0.25) is 14.4 Å². The monoisotopic (exact) mass is 417 g/mol. The highest BCUT2D eigenvalue weighted by Crippen LogP contribution is 2.24. The zero-order valence-corrected chi connectivity index (χ0v) is 16.6. The number of hydrogen-bond acceptors (Lipinski definition) is 7. The van der Waals surface area contributed by atoms with Crippen LogP contribution in [-0.2, 0) is 9.59 Å². The fourth-order valence-corrected chi connectivity index (χ4v) is 2.88. The van der Waals surface area contributed by atoms with Gasteiger partial charge in [0.1, 0.15) is 5.69 Å². The number of amides is 1. The number of nitrogens with zero attached hydrogens (tertiary/aromatic N) is 3. The van der Waals surface area contributed by atoms with E-state index in [2.05, 4.69) is 15.3 Å². The van der Waals surface area contributed by atoms with Gasteiger partial charge >= 0.3 is 5.97 Å². The zero-order chi connectivity index (χ0) is 22.3. The van der Waals surface area contributed by atoms with Crippen LogP contribution in [0.5, 0.6) is 0 Å². The second-order valence-corrected chi connectivity index (χ2v) is 6.29. The van der Waals surface area contributed by atoms with Gasteiger partial charge in [0, 0.05) is 32.1 Å². The highest BCUT2D eigenvalue weighted by atomic mass is 16.4. The van der Waals surface area contributed by atoms with Gasteiger partial charge in [-0.1, -0.05) is 0 Å². The maximum Gasteiger partial charge on any atom is 0.335 e. The summed E-state index contributed by atoms with van der Waals surface area (Å²) in [6.45, 7) is 4.25. The van der Waals surface area contributed by atoms with E-state index in [4.69, 9.17) is 15.0 Å². The third-order valence-corrected chi connectivity index (χ3v) is 4.22. The Morgan fingerprint density at radius 3 is 2.40 bits per heavy atom. The van der Waals surface area contributed by atoms with Crippen LogP contribution in [0, 0.1) is 0 Å². The minimum Gasteiger partial charge on any atom is -0.481 e. The number of carbonyl (C=O) groups excluding carboxylic acids is 1. The molecule has 11 heteroatoms. The Morgan fingerprint density at radius 1 is 1.20 bits per heavy atom. The van der Waals surface area contributed by atoms with Crippen LogP contribution in [0.15, 0.2) is 35.4 Å². The highest BCUT2D eigenvalue weighted by Gasteiger charge is 2.24. The number of aliphatic carboxylic acids is 1. The third-order valence-electron chi connectivity index (χ3n) is 4.22. The van der Waals surface area contributed by atoms with Crippen molar-refractivity contribution in [1.82, 2.24) is 9.97 Å². The van der Waals surface area contributed by atoms with Gasteiger partial charge < -0.3 is 30.3 Å². The number of rotatable bonds is 6. The molecule has 3 rings (SSSR count). The van der Waals surface area contributed by atoms with Crippen molar-refractivity contribution >= 4 is 35.0 Å². The molecule has 0 aliphatic carbocycles. The first-order valence-electron chi connectivity index (χ1n) is 9.14. The number of fused-ring (bicyclic) bond motifs is 1. The molecule has 30 heavy (non-hydrogen) atoms. The molecule has 0 saturated heterocycles. The zero-order valence-electron chi connectivity index (χ0n) is 16.6. The summed E-state index contributed by atoms with van der Waals surface area (Å²) in [5.74, 6) is -1.39. The molecule has 0 saturated carbocycles. The number of nitrogens with one attached hydrogen (secondary N) is 2. The summed E-state index contributed by atoms with van der Waals surface area (Å²) in [5.41, 5.74) is 0.999. The topological polar surface area (TPSA) is 156 Å². The van der Waals surface area contributed by atoms with Crippen molar-refractivity contribution in [1.29, 1.82) is 0 Å². The maximum absolute atomic E-state index is 12.6. The number of aromatic carboxylic acids is 1. The summed E-state index contributed by atoms with van der Waals surface area (Å²) >= 11 is 0. The molecular weight excluding hydrogens is 394 g/mol. The molecule has 4 N–H and O–H groups in total. The molecule has 0 radical (unpaired) electrons. The van der Waals surface area contributed by atoms with E-state index >= 15 is 0 Å². The van der Waals surface area contributed by atoms with E-state index in [0.29, 0.717) is 37.0 Å². The Morgan fingerprint density at radius 2 is 1.83 bits per heavy atom. The van der Waals surface area contributed by atoms with Crippen molar-refractivity contribution in [3.8, 4) is 0 Å². The van der Waals surface area contributed by atoms with E-state index in [0.717, 1.165) is 6.92 Å². The Kier molecular flexibility index (Phi) is 7.50. The standard InChI is InChI=1S/C17H19N5O4.C2H4O2/c1-2-22(12-5-3-11(4-6-12)17(25)26)13(23)7-8-21-10-20-14-15(21)18-9-19-16(14)24;1-2(3)4/h3-6,9,20H,2,7-8,10H2,1H3,(H,25,26)(H,18,19,24);1H3,(H,3,4). The molecule has 11 nitrogen and oxygen atoms in total. The van der Waals surface area contributed by atoms with Gasteiger partial charge in [0.2, 0.25) is 5.91 Å². The second-order valence-electron chi connectivity index (χ2n) is 6.29. The largest absolute Gasteiger partial charge is 0.481 e. The number of H-pyrrole nitrogens is 1. The number of benzene rings is 1. The maximum atomic E-state index is 12.6. The van der Waals surface area contributed by atoms with Crippen LogP contribution in [-0.4, -0.2) is 57.8 Å². The normalized spacial score (nSPS) is 11.6. The lowest BCUT2D eigenvalue weighted by Crippen LogP contribution is -2.34. The minimum atomic E-state index is -1.01. The molecular formula is C19H23N5O6. The molecule has 0 spiro atoms. The van der Waals surface area contributed by atoms with Crippen LogP contribution in [0.1, 0.15) is 30.6 Å². The highest BCUT2D eigenvalue weighted by molar-refractivity contribution is 5.94. The minimum absolute atomic E-state index is 0.0890.